The van der Waals surface area contributed by atoms with Crippen LogP contribution in [0.5, 0.6) is 0 Å². The summed E-state index contributed by atoms with van der Waals surface area (Å²) in [5.74, 6) is 0. The van der Waals surface area contributed by atoms with Crippen LogP contribution in [0.3, 0.4) is 0 Å². The summed E-state index contributed by atoms with van der Waals surface area (Å²) in [6.45, 7) is 2.19. The van der Waals surface area contributed by atoms with Crippen LogP contribution >= 0.6 is 0 Å². The molecule has 0 heterocycles. The predicted molar refractivity (Wildman–Crippen MR) is 160 cm³/mol. The maximum Gasteiger partial charge on any atom is -0.00987 e. The Kier molecular flexibility index (Phi) is 5.11. The van der Waals surface area contributed by atoms with Gasteiger partial charge in [-0.25, -0.2) is 0 Å². The Morgan fingerprint density at radius 3 is 1.08 bits per heavy atom. The molecule has 0 bridgehead atoms. The molecular formula is C37H26. The molecule has 37 heavy (non-hydrogen) atoms. The third-order valence-electron chi connectivity index (χ3n) is 7.66. The first-order valence-corrected chi connectivity index (χ1v) is 12.9. The molecule has 0 unspecified atom stereocenters. The molecule has 0 atom stereocenters. The molecule has 0 aliphatic heterocycles. The molecule has 0 aliphatic carbocycles. The molecule has 7 aromatic carbocycles. The number of benzene rings is 7. The van der Waals surface area contributed by atoms with E-state index in [1.165, 1.54) is 71.3 Å². The SMILES string of the molecule is Cc1ccc(-c2ccc(-c3ccc(-c4ccccc4)c4ccccc34)c3ccccc23)c2ccccc12. The Balaban J connectivity index is 1.49. The van der Waals surface area contributed by atoms with E-state index >= 15 is 0 Å². The second kappa shape index (κ2) is 8.76. The van der Waals surface area contributed by atoms with Crippen LogP contribution in [0.15, 0.2) is 140 Å². The van der Waals surface area contributed by atoms with E-state index in [4.69, 9.17) is 0 Å². The fourth-order valence-corrected chi connectivity index (χ4v) is 5.86. The van der Waals surface area contributed by atoms with Crippen LogP contribution in [0.4, 0.5) is 0 Å². The van der Waals surface area contributed by atoms with Gasteiger partial charge >= 0.3 is 0 Å². The molecule has 0 aromatic heterocycles. The van der Waals surface area contributed by atoms with Crippen LogP contribution in [-0.2, 0) is 0 Å². The van der Waals surface area contributed by atoms with Crippen LogP contribution in [0.2, 0.25) is 0 Å². The zero-order valence-electron chi connectivity index (χ0n) is 20.8. The van der Waals surface area contributed by atoms with Gasteiger partial charge in [0.15, 0.2) is 0 Å². The highest BCUT2D eigenvalue weighted by molar-refractivity contribution is 6.14. The van der Waals surface area contributed by atoms with Gasteiger partial charge < -0.3 is 0 Å². The first kappa shape index (κ1) is 21.6. The monoisotopic (exact) mass is 470 g/mol. The molecule has 0 amide bonds. The summed E-state index contributed by atoms with van der Waals surface area (Å²) in [6.07, 6.45) is 0. The molecule has 0 saturated heterocycles. The van der Waals surface area contributed by atoms with Crippen LogP contribution in [0.1, 0.15) is 5.56 Å². The van der Waals surface area contributed by atoms with Gasteiger partial charge in [0.2, 0.25) is 0 Å². The van der Waals surface area contributed by atoms with E-state index in [2.05, 4.69) is 146 Å². The maximum atomic E-state index is 2.32. The van der Waals surface area contributed by atoms with Crippen molar-refractivity contribution in [3.8, 4) is 33.4 Å². The molecule has 0 fully saturated rings. The third kappa shape index (κ3) is 3.53. The number of aryl methyl sites for hydroxylation is 1. The highest BCUT2D eigenvalue weighted by atomic mass is 14.2. The average molecular weight is 471 g/mol. The van der Waals surface area contributed by atoms with Gasteiger partial charge in [-0.1, -0.05) is 140 Å². The van der Waals surface area contributed by atoms with Crippen molar-refractivity contribution < 1.29 is 0 Å². The van der Waals surface area contributed by atoms with Crippen molar-refractivity contribution in [2.75, 3.05) is 0 Å². The lowest BCUT2D eigenvalue weighted by Crippen LogP contribution is -1.90. The van der Waals surface area contributed by atoms with Crippen molar-refractivity contribution in [3.63, 3.8) is 0 Å². The topological polar surface area (TPSA) is 0 Å². The zero-order chi connectivity index (χ0) is 24.8. The predicted octanol–water partition coefficient (Wildman–Crippen LogP) is 10.5. The summed E-state index contributed by atoms with van der Waals surface area (Å²) >= 11 is 0. The quantitative estimate of drug-likeness (QED) is 0.241. The van der Waals surface area contributed by atoms with Gasteiger partial charge in [0, 0.05) is 0 Å². The van der Waals surface area contributed by atoms with Crippen LogP contribution in [0.25, 0.3) is 65.7 Å². The van der Waals surface area contributed by atoms with E-state index in [0.29, 0.717) is 0 Å². The number of hydrogen-bond donors (Lipinski definition) is 0. The Morgan fingerprint density at radius 2 is 0.595 bits per heavy atom. The molecule has 0 aliphatic rings. The van der Waals surface area contributed by atoms with Gasteiger partial charge in [0.25, 0.3) is 0 Å². The van der Waals surface area contributed by atoms with Crippen molar-refractivity contribution in [2.24, 2.45) is 0 Å². The van der Waals surface area contributed by atoms with Crippen LogP contribution in [0, 0.1) is 6.92 Å². The Morgan fingerprint density at radius 1 is 0.270 bits per heavy atom. The minimum absolute atomic E-state index is 1.25. The first-order valence-electron chi connectivity index (χ1n) is 12.9. The lowest BCUT2D eigenvalue weighted by atomic mass is 9.87. The van der Waals surface area contributed by atoms with Gasteiger partial charge in [0.1, 0.15) is 0 Å². The second-order valence-corrected chi connectivity index (χ2v) is 9.75. The molecule has 0 heteroatoms. The van der Waals surface area contributed by atoms with E-state index < -0.39 is 0 Å². The molecule has 0 nitrogen and oxygen atoms in total. The summed E-state index contributed by atoms with van der Waals surface area (Å²) in [6, 6.07) is 50.8. The fourth-order valence-electron chi connectivity index (χ4n) is 5.86. The molecular weight excluding hydrogens is 444 g/mol. The van der Waals surface area contributed by atoms with E-state index in [1.54, 1.807) is 0 Å². The minimum atomic E-state index is 1.25. The molecule has 0 N–H and O–H groups in total. The largest absolute Gasteiger partial charge is 0.0622 e. The highest BCUT2D eigenvalue weighted by Crippen LogP contribution is 2.42. The van der Waals surface area contributed by atoms with Crippen molar-refractivity contribution >= 4 is 32.3 Å². The van der Waals surface area contributed by atoms with Crippen LogP contribution < -0.4 is 0 Å². The molecule has 7 aromatic rings. The summed E-state index contributed by atoms with van der Waals surface area (Å²) in [5.41, 5.74) is 8.93. The Bertz CT molecular complexity index is 1930. The number of fused-ring (bicyclic) bond motifs is 3. The first-order chi connectivity index (χ1) is 18.3. The summed E-state index contributed by atoms with van der Waals surface area (Å²) < 4.78 is 0. The van der Waals surface area contributed by atoms with E-state index in [9.17, 15) is 0 Å². The molecule has 0 saturated carbocycles. The lowest BCUT2D eigenvalue weighted by Gasteiger charge is -2.17. The Hall–Kier alpha value is -4.68. The highest BCUT2D eigenvalue weighted by Gasteiger charge is 2.15. The van der Waals surface area contributed by atoms with Gasteiger partial charge in [0.05, 0.1) is 0 Å². The van der Waals surface area contributed by atoms with E-state index in [1.807, 2.05) is 0 Å². The van der Waals surface area contributed by atoms with E-state index in [0.717, 1.165) is 0 Å². The van der Waals surface area contributed by atoms with E-state index in [-0.39, 0.29) is 0 Å². The average Bonchev–Trinajstić information content (AvgIpc) is 2.97. The smallest absolute Gasteiger partial charge is 0.00987 e. The normalized spacial score (nSPS) is 11.4. The minimum Gasteiger partial charge on any atom is -0.0622 e. The summed E-state index contributed by atoms with van der Waals surface area (Å²) in [5, 5.41) is 7.74. The molecule has 0 radical (unpaired) electrons. The standard InChI is InChI=1S/C37H26/c1-25-19-20-34(29-14-6-5-13-27(25)29)36-23-24-37(33-18-10-9-17-32(33)36)35-22-21-28(26-11-3-2-4-12-26)30-15-7-8-16-31(30)35/h2-24H,1H3. The lowest BCUT2D eigenvalue weighted by molar-refractivity contribution is 1.53. The second-order valence-electron chi connectivity index (χ2n) is 9.75. The van der Waals surface area contributed by atoms with Gasteiger partial charge in [-0.2, -0.15) is 0 Å². The van der Waals surface area contributed by atoms with Crippen molar-refractivity contribution in [1.82, 2.24) is 0 Å². The van der Waals surface area contributed by atoms with Crippen LogP contribution in [-0.4, -0.2) is 0 Å². The number of rotatable bonds is 3. The molecule has 7 rings (SSSR count). The number of hydrogen-bond acceptors (Lipinski definition) is 0. The Labute approximate surface area is 217 Å². The molecule has 174 valence electrons. The van der Waals surface area contributed by atoms with Crippen molar-refractivity contribution in [3.05, 3.63) is 145 Å². The maximum absolute atomic E-state index is 2.32. The van der Waals surface area contributed by atoms with Gasteiger partial charge in [-0.05, 0) is 78.2 Å². The van der Waals surface area contributed by atoms with Gasteiger partial charge in [-0.3, -0.25) is 0 Å². The summed E-state index contributed by atoms with van der Waals surface area (Å²) in [7, 11) is 0. The molecule has 0 spiro atoms. The zero-order valence-corrected chi connectivity index (χ0v) is 20.8. The fraction of sp³-hybridized carbons (Fsp3) is 0.0270. The van der Waals surface area contributed by atoms with Crippen molar-refractivity contribution in [2.45, 2.75) is 6.92 Å². The van der Waals surface area contributed by atoms with Gasteiger partial charge in [-0.15, -0.1) is 0 Å². The summed E-state index contributed by atoms with van der Waals surface area (Å²) in [4.78, 5) is 0. The van der Waals surface area contributed by atoms with Crippen molar-refractivity contribution in [1.29, 1.82) is 0 Å². The third-order valence-corrected chi connectivity index (χ3v) is 7.66.